The van der Waals surface area contributed by atoms with Crippen molar-refractivity contribution in [3.63, 3.8) is 0 Å². The number of amides is 1. The van der Waals surface area contributed by atoms with E-state index in [1.165, 1.54) is 5.56 Å². The number of hydrogen-bond donors (Lipinski definition) is 1. The number of rotatable bonds is 6. The summed E-state index contributed by atoms with van der Waals surface area (Å²) in [6, 6.07) is 9.74. The average Bonchev–Trinajstić information content (AvgIpc) is 3.24. The number of carbonyl (C=O) groups excluding carboxylic acids is 1. The Kier molecular flexibility index (Phi) is 4.83. The van der Waals surface area contributed by atoms with Gasteiger partial charge >= 0.3 is 0 Å². The van der Waals surface area contributed by atoms with Crippen molar-refractivity contribution in [3.05, 3.63) is 53.0 Å². The van der Waals surface area contributed by atoms with Gasteiger partial charge in [-0.25, -0.2) is 0 Å². The fourth-order valence-corrected chi connectivity index (χ4v) is 3.09. The van der Waals surface area contributed by atoms with E-state index in [1.54, 1.807) is 17.7 Å². The van der Waals surface area contributed by atoms with Crippen LogP contribution in [0, 0.1) is 0 Å². The molecule has 3 aromatic rings. The van der Waals surface area contributed by atoms with Crippen LogP contribution in [-0.4, -0.2) is 20.7 Å². The highest BCUT2D eigenvalue weighted by atomic mass is 32.1. The summed E-state index contributed by atoms with van der Waals surface area (Å²) in [5.41, 5.74) is 2.85. The molecule has 1 N–H and O–H groups in total. The van der Waals surface area contributed by atoms with Gasteiger partial charge in [0.15, 0.2) is 5.82 Å². The molecule has 0 unspecified atom stereocenters. The molecule has 0 atom stereocenters. The molecule has 6 heteroatoms. The number of benzene rings is 1. The molecule has 0 aliphatic heterocycles. The van der Waals surface area contributed by atoms with Gasteiger partial charge in [-0.1, -0.05) is 12.1 Å². The standard InChI is InChI=1S/C17H18N4OS/c1-2-21-12-18-20-17(21)14-5-3-4-6-15(14)19-16(22)8-7-13-9-10-23-11-13/h3-6,9-12H,2,7-8H2,1H3,(H,19,22). The third-order valence-electron chi connectivity index (χ3n) is 3.62. The summed E-state index contributed by atoms with van der Waals surface area (Å²) >= 11 is 1.65. The van der Waals surface area contributed by atoms with Gasteiger partial charge < -0.3 is 9.88 Å². The van der Waals surface area contributed by atoms with E-state index in [2.05, 4.69) is 27.0 Å². The van der Waals surface area contributed by atoms with Gasteiger partial charge in [-0.05, 0) is 47.9 Å². The molecule has 1 aromatic carbocycles. The van der Waals surface area contributed by atoms with E-state index in [1.807, 2.05) is 41.1 Å². The highest BCUT2D eigenvalue weighted by Crippen LogP contribution is 2.26. The van der Waals surface area contributed by atoms with Gasteiger partial charge in [0.1, 0.15) is 6.33 Å². The van der Waals surface area contributed by atoms with Crippen LogP contribution in [0.4, 0.5) is 5.69 Å². The Morgan fingerprint density at radius 2 is 2.17 bits per heavy atom. The van der Waals surface area contributed by atoms with Gasteiger partial charge in [-0.2, -0.15) is 11.3 Å². The van der Waals surface area contributed by atoms with E-state index in [0.29, 0.717) is 6.42 Å². The van der Waals surface area contributed by atoms with Crippen molar-refractivity contribution in [2.24, 2.45) is 0 Å². The Labute approximate surface area is 139 Å². The second-order valence-corrected chi connectivity index (χ2v) is 5.95. The maximum Gasteiger partial charge on any atom is 0.224 e. The number of nitrogens with one attached hydrogen (secondary N) is 1. The van der Waals surface area contributed by atoms with E-state index in [4.69, 9.17) is 0 Å². The highest BCUT2D eigenvalue weighted by Gasteiger charge is 2.13. The molecule has 2 aromatic heterocycles. The van der Waals surface area contributed by atoms with Gasteiger partial charge in [-0.15, -0.1) is 10.2 Å². The first-order valence-electron chi connectivity index (χ1n) is 7.56. The number of aromatic nitrogens is 3. The maximum atomic E-state index is 12.2. The minimum Gasteiger partial charge on any atom is -0.325 e. The Balaban J connectivity index is 1.74. The molecule has 3 rings (SSSR count). The lowest BCUT2D eigenvalue weighted by molar-refractivity contribution is -0.116. The van der Waals surface area contributed by atoms with E-state index in [-0.39, 0.29) is 5.91 Å². The van der Waals surface area contributed by atoms with Crippen LogP contribution in [-0.2, 0) is 17.8 Å². The second kappa shape index (κ2) is 7.19. The molecule has 2 heterocycles. The summed E-state index contributed by atoms with van der Waals surface area (Å²) in [4.78, 5) is 12.2. The molecule has 5 nitrogen and oxygen atoms in total. The molecule has 0 fully saturated rings. The normalized spacial score (nSPS) is 10.7. The van der Waals surface area contributed by atoms with Gasteiger partial charge in [0.2, 0.25) is 5.91 Å². The average molecular weight is 326 g/mol. The van der Waals surface area contributed by atoms with Gasteiger partial charge in [0, 0.05) is 18.5 Å². The molecular formula is C17H18N4OS. The molecule has 0 radical (unpaired) electrons. The van der Waals surface area contributed by atoms with Crippen molar-refractivity contribution < 1.29 is 4.79 Å². The molecule has 0 saturated carbocycles. The topological polar surface area (TPSA) is 59.8 Å². The first-order valence-corrected chi connectivity index (χ1v) is 8.50. The van der Waals surface area contributed by atoms with Crippen LogP contribution in [0.15, 0.2) is 47.4 Å². The van der Waals surface area contributed by atoms with Crippen molar-refractivity contribution in [2.75, 3.05) is 5.32 Å². The zero-order chi connectivity index (χ0) is 16.1. The summed E-state index contributed by atoms with van der Waals surface area (Å²) in [6.45, 7) is 2.82. The van der Waals surface area contributed by atoms with Crippen LogP contribution in [0.25, 0.3) is 11.4 Å². The van der Waals surface area contributed by atoms with Crippen molar-refractivity contribution >= 4 is 22.9 Å². The highest BCUT2D eigenvalue weighted by molar-refractivity contribution is 7.07. The van der Waals surface area contributed by atoms with Gasteiger partial charge in [0.25, 0.3) is 0 Å². The predicted octanol–water partition coefficient (Wildman–Crippen LogP) is 3.60. The van der Waals surface area contributed by atoms with Crippen molar-refractivity contribution in [1.82, 2.24) is 14.8 Å². The monoisotopic (exact) mass is 326 g/mol. The number of para-hydroxylation sites is 1. The molecule has 0 saturated heterocycles. The largest absolute Gasteiger partial charge is 0.325 e. The van der Waals surface area contributed by atoms with Crippen LogP contribution in [0.3, 0.4) is 0 Å². The lowest BCUT2D eigenvalue weighted by atomic mass is 10.1. The zero-order valence-corrected chi connectivity index (χ0v) is 13.7. The number of nitrogens with zero attached hydrogens (tertiary/aromatic N) is 3. The van der Waals surface area contributed by atoms with E-state index >= 15 is 0 Å². The van der Waals surface area contributed by atoms with Crippen LogP contribution in [0.5, 0.6) is 0 Å². The molecule has 23 heavy (non-hydrogen) atoms. The number of anilines is 1. The minimum absolute atomic E-state index is 0.00575. The predicted molar refractivity (Wildman–Crippen MR) is 92.4 cm³/mol. The second-order valence-electron chi connectivity index (χ2n) is 5.17. The minimum atomic E-state index is 0.00575. The fourth-order valence-electron chi connectivity index (χ4n) is 2.39. The maximum absolute atomic E-state index is 12.2. The van der Waals surface area contributed by atoms with Crippen LogP contribution >= 0.6 is 11.3 Å². The first-order chi connectivity index (χ1) is 11.3. The Morgan fingerprint density at radius 1 is 1.30 bits per heavy atom. The zero-order valence-electron chi connectivity index (χ0n) is 12.9. The Bertz CT molecular complexity index is 780. The fraction of sp³-hybridized carbons (Fsp3) is 0.235. The van der Waals surface area contributed by atoms with Crippen molar-refractivity contribution in [2.45, 2.75) is 26.3 Å². The summed E-state index contributed by atoms with van der Waals surface area (Å²) < 4.78 is 1.95. The SMILES string of the molecule is CCn1cnnc1-c1ccccc1NC(=O)CCc1ccsc1. The summed E-state index contributed by atoms with van der Waals surface area (Å²) in [7, 11) is 0. The van der Waals surface area contributed by atoms with E-state index < -0.39 is 0 Å². The summed E-state index contributed by atoms with van der Waals surface area (Å²) in [6.07, 6.45) is 2.92. The molecule has 118 valence electrons. The molecule has 0 aliphatic rings. The van der Waals surface area contributed by atoms with Crippen LogP contribution in [0.2, 0.25) is 0 Å². The van der Waals surface area contributed by atoms with E-state index in [0.717, 1.165) is 30.0 Å². The van der Waals surface area contributed by atoms with Crippen molar-refractivity contribution in [1.29, 1.82) is 0 Å². The van der Waals surface area contributed by atoms with Crippen LogP contribution in [0.1, 0.15) is 18.9 Å². The van der Waals surface area contributed by atoms with Gasteiger partial charge in [-0.3, -0.25) is 4.79 Å². The molecule has 0 aliphatic carbocycles. The van der Waals surface area contributed by atoms with Gasteiger partial charge in [0.05, 0.1) is 5.69 Å². The molecular weight excluding hydrogens is 308 g/mol. The Morgan fingerprint density at radius 3 is 2.96 bits per heavy atom. The van der Waals surface area contributed by atoms with Crippen molar-refractivity contribution in [3.8, 4) is 11.4 Å². The summed E-state index contributed by atoms with van der Waals surface area (Å²) in [5, 5.41) is 15.2. The number of thiophene rings is 1. The van der Waals surface area contributed by atoms with E-state index in [9.17, 15) is 4.79 Å². The smallest absolute Gasteiger partial charge is 0.224 e. The Hall–Kier alpha value is -2.47. The quantitative estimate of drug-likeness (QED) is 0.753. The lowest BCUT2D eigenvalue weighted by Crippen LogP contribution is -2.13. The number of aryl methyl sites for hydroxylation is 2. The third kappa shape index (κ3) is 3.65. The molecule has 0 spiro atoms. The summed E-state index contributed by atoms with van der Waals surface area (Å²) in [5.74, 6) is 0.771. The molecule has 0 bridgehead atoms. The third-order valence-corrected chi connectivity index (χ3v) is 4.35. The van der Waals surface area contributed by atoms with Crippen LogP contribution < -0.4 is 5.32 Å². The number of hydrogen-bond acceptors (Lipinski definition) is 4. The number of carbonyl (C=O) groups is 1. The first kappa shape index (κ1) is 15.4. The lowest BCUT2D eigenvalue weighted by Gasteiger charge is -2.11. The molecule has 1 amide bonds.